The number of carboxylic acids is 1. The second kappa shape index (κ2) is 39.2. The summed E-state index contributed by atoms with van der Waals surface area (Å²) in [6.07, 6.45) is -0.103. The number of allylic oxidation sites excluding steroid dienone is 1. The van der Waals surface area contributed by atoms with E-state index in [2.05, 4.69) is 51.6 Å². The van der Waals surface area contributed by atoms with E-state index in [1.54, 1.807) is 33.8 Å². The molecule has 0 spiro atoms. The van der Waals surface area contributed by atoms with Gasteiger partial charge in [-0.2, -0.15) is 30.9 Å². The molecule has 447 valence electrons. The lowest BCUT2D eigenvalue weighted by Crippen LogP contribution is -2.12. The van der Waals surface area contributed by atoms with Crippen LogP contribution in [0.4, 0.5) is 40.6 Å². The lowest BCUT2D eigenvalue weighted by molar-refractivity contribution is -0.145. The average molecular weight is 1240 g/mol. The predicted molar refractivity (Wildman–Crippen MR) is 307 cm³/mol. The number of halogens is 5. The number of esters is 4. The molecule has 4 aromatic carbocycles. The molecule has 2 heterocycles. The molecule has 0 amide bonds. The first-order valence-corrected chi connectivity index (χ1v) is 24.1. The van der Waals surface area contributed by atoms with E-state index < -0.39 is 53.0 Å². The van der Waals surface area contributed by atoms with Crippen molar-refractivity contribution in [2.24, 2.45) is 15.3 Å². The molecule has 0 fully saturated rings. The van der Waals surface area contributed by atoms with Crippen LogP contribution in [0.25, 0.3) is 11.4 Å². The first-order valence-electron chi connectivity index (χ1n) is 23.3. The number of ketones is 1. The van der Waals surface area contributed by atoms with Crippen molar-refractivity contribution >= 4 is 87.6 Å². The van der Waals surface area contributed by atoms with Gasteiger partial charge in [-0.05, 0) is 155 Å². The van der Waals surface area contributed by atoms with Gasteiger partial charge < -0.3 is 40.6 Å². The van der Waals surface area contributed by atoms with Gasteiger partial charge in [-0.1, -0.05) is 14.9 Å². The number of hydrogen-bond donors (Lipinski definition) is 5. The van der Waals surface area contributed by atoms with Crippen molar-refractivity contribution in [2.75, 3.05) is 43.3 Å². The van der Waals surface area contributed by atoms with E-state index >= 15 is 0 Å². The van der Waals surface area contributed by atoms with Crippen molar-refractivity contribution in [3.63, 3.8) is 0 Å². The second-order valence-corrected chi connectivity index (χ2v) is 15.8. The fraction of sp³-hybridized carbons (Fsp3) is 0.241. The van der Waals surface area contributed by atoms with Gasteiger partial charge in [-0.25, -0.2) is 46.1 Å². The fourth-order valence-electron chi connectivity index (χ4n) is 5.50. The van der Waals surface area contributed by atoms with E-state index in [-0.39, 0.29) is 107 Å². The van der Waals surface area contributed by atoms with Gasteiger partial charge in [0.2, 0.25) is 10.3 Å². The van der Waals surface area contributed by atoms with E-state index in [1.165, 1.54) is 116 Å². The number of carbonyl (C=O) groups excluding carboxylic acids is 5. The van der Waals surface area contributed by atoms with E-state index in [4.69, 9.17) is 41.3 Å². The van der Waals surface area contributed by atoms with Crippen LogP contribution in [0.15, 0.2) is 124 Å². The molecule has 0 aliphatic heterocycles. The summed E-state index contributed by atoms with van der Waals surface area (Å²) in [5.74, 6) is -5.96. The number of carboxylic acid groups (broad SMARTS) is 1. The average Bonchev–Trinajstić information content (AvgIpc) is 3.98. The number of nitrogen functional groups attached to an aromatic ring is 2. The molecule has 2 aromatic heterocycles. The minimum absolute atomic E-state index is 0. The quantitative estimate of drug-likeness (QED) is 0.00574. The number of nitrogens with one attached hydrogen (secondary N) is 1. The standard InChI is InChI=1S/C13H11FN4O2.C12H13FN2O3.C11H7FN4O2.C10H10BrFN2O2.C6H10O3.2CH4.B.H2/c1-2-20-13(19)11-10(7-15)12(16)18(17-11)9-5-3-8(14)4-6-9;1-3-18-12(17)11(8(2)16)15-14-10-6-4-9(13)5-7-10;12-6-1-3-7(4-2-6)16-10(14)8(5-13)9(15-16)11(17)18;1-2-16-10(15)9(11)14-13-8-5-3-7(12)4-6-8;1-3-9-6(8)4-5(2)7;;;;/h3-6H,2,16H2,1H3;4-7,16H,3H2,1-2H3;1-4H,14H2,(H,17,18);3-6,13H,2H2,1H3;3-4H2,1-2H3;2*1H4;;1H/b;;;14-9-;;;;;/i;;;;;;;;1+1. The summed E-state index contributed by atoms with van der Waals surface area (Å²) in [6.45, 7) is 10.3. The number of nitrogens with zero attached hydrogens (tertiary/aromatic N) is 9. The normalized spacial score (nSPS) is 10.2. The maximum absolute atomic E-state index is 12.9. The first kappa shape index (κ1) is 75.8. The molecule has 30 heteroatoms. The maximum Gasteiger partial charge on any atom is 0.366 e. The summed E-state index contributed by atoms with van der Waals surface area (Å²) in [5.41, 5.74) is 14.6. The number of hydrogen-bond acceptors (Lipinski definition) is 21. The Hall–Kier alpha value is -10.2. The minimum atomic E-state index is -1.35. The van der Waals surface area contributed by atoms with Crippen molar-refractivity contribution in [3.05, 3.63) is 154 Å². The van der Waals surface area contributed by atoms with Crippen LogP contribution in [0.5, 0.6) is 0 Å². The number of aromatic nitrogens is 4. The molecule has 0 aliphatic rings. The third-order valence-corrected chi connectivity index (χ3v) is 9.55. The molecular weight excluding hydrogens is 1180 g/mol. The number of rotatable bonds is 16. The predicted octanol–water partition coefficient (Wildman–Crippen LogP) is 10.2. The van der Waals surface area contributed by atoms with E-state index in [1.807, 2.05) is 6.07 Å². The molecule has 0 aliphatic carbocycles. The van der Waals surface area contributed by atoms with Gasteiger partial charge >= 0.3 is 29.8 Å². The third kappa shape index (κ3) is 25.1. The van der Waals surface area contributed by atoms with E-state index in [0.29, 0.717) is 29.4 Å². The van der Waals surface area contributed by atoms with Crippen LogP contribution in [0.3, 0.4) is 0 Å². The number of azo groups is 1. The molecule has 6 aromatic rings. The number of aliphatic hydroxyl groups excluding tert-OH is 1. The Morgan fingerprint density at radius 3 is 1.42 bits per heavy atom. The smallest absolute Gasteiger partial charge is 0.366 e. The number of ether oxygens (including phenoxy) is 4. The summed E-state index contributed by atoms with van der Waals surface area (Å²) in [7, 11) is 0. The highest BCUT2D eigenvalue weighted by molar-refractivity contribution is 9.19. The van der Waals surface area contributed by atoms with Crippen molar-refractivity contribution in [3.8, 4) is 23.5 Å². The Bertz CT molecular complexity index is 3320. The molecular formula is C54H61BBrF4N12O12. The summed E-state index contributed by atoms with van der Waals surface area (Å²) in [4.78, 5) is 65.8. The van der Waals surface area contributed by atoms with Crippen molar-refractivity contribution < 1.29 is 76.9 Å². The number of carbonyl (C=O) groups is 6. The van der Waals surface area contributed by atoms with Gasteiger partial charge in [-0.3, -0.25) is 15.0 Å². The highest BCUT2D eigenvalue weighted by atomic mass is 79.9. The van der Waals surface area contributed by atoms with Crippen LogP contribution in [-0.4, -0.2) is 105 Å². The molecule has 24 nitrogen and oxygen atoms in total. The van der Waals surface area contributed by atoms with Crippen LogP contribution in [0.2, 0.25) is 0 Å². The SMILES string of the molecule is C.C.CCOC(=O)/C(Br)=N/Nc1ccc(F)cc1.CCOC(=O)C(N=Nc1ccc(F)cc1)=C(C)O.CCOC(=O)CC(C)=O.CCOC(=O)c1nn(-c2ccc(F)cc2)c(N)c1C#N.N#Cc1c(C(=O)O)nn(-c2ccc(F)cc2)c1N.[2HH].[B]. The van der Waals surface area contributed by atoms with Crippen LogP contribution in [0.1, 0.15) is 96.3 Å². The van der Waals surface area contributed by atoms with Crippen molar-refractivity contribution in [1.82, 2.24) is 19.6 Å². The number of anilines is 3. The van der Waals surface area contributed by atoms with Crippen molar-refractivity contribution in [1.29, 1.82) is 10.5 Å². The van der Waals surface area contributed by atoms with Gasteiger partial charge in [0.05, 0.1) is 49.2 Å². The zero-order valence-corrected chi connectivity index (χ0v) is 46.0. The zero-order chi connectivity index (χ0) is 60.8. The molecule has 7 N–H and O–H groups in total. The molecule has 0 unspecified atom stereocenters. The first-order chi connectivity index (χ1) is 38.5. The summed E-state index contributed by atoms with van der Waals surface area (Å²) < 4.78 is 71.9. The lowest BCUT2D eigenvalue weighted by Gasteiger charge is -2.03. The van der Waals surface area contributed by atoms with Gasteiger partial charge in [0.15, 0.2) is 11.4 Å². The molecule has 0 bridgehead atoms. The highest BCUT2D eigenvalue weighted by Gasteiger charge is 2.24. The number of aromatic carboxylic acids is 1. The highest BCUT2D eigenvalue weighted by Crippen LogP contribution is 2.23. The summed E-state index contributed by atoms with van der Waals surface area (Å²) in [6, 6.07) is 24.8. The number of benzene rings is 4. The largest absolute Gasteiger partial charge is 0.510 e. The molecule has 84 heavy (non-hydrogen) atoms. The third-order valence-electron chi connectivity index (χ3n) is 9.05. The zero-order valence-electron chi connectivity index (χ0n) is 44.4. The number of hydrazone groups is 1. The monoisotopic (exact) mass is 1240 g/mol. The van der Waals surface area contributed by atoms with Gasteiger partial charge in [0, 0.05) is 9.84 Å². The summed E-state index contributed by atoms with van der Waals surface area (Å²) >= 11 is 2.96. The Morgan fingerprint density at radius 2 is 1.04 bits per heavy atom. The number of Topliss-reactive ketones (excluding diaryl/α,β-unsaturated/α-hetero) is 1. The molecule has 0 saturated heterocycles. The van der Waals surface area contributed by atoms with Crippen molar-refractivity contribution in [2.45, 2.75) is 62.8 Å². The van der Waals surface area contributed by atoms with Crippen LogP contribution < -0.4 is 16.9 Å². The summed E-state index contributed by atoms with van der Waals surface area (Å²) in [5, 5.41) is 54.8. The van der Waals surface area contributed by atoms with Crippen LogP contribution >= 0.6 is 15.9 Å². The van der Waals surface area contributed by atoms with Crippen LogP contribution in [-0.2, 0) is 38.1 Å². The molecule has 6 rings (SSSR count). The Kier molecular flexibility index (Phi) is 35.4. The second-order valence-electron chi connectivity index (χ2n) is 15.0. The Balaban J connectivity index is -0.000000994. The lowest BCUT2D eigenvalue weighted by atomic mass is 10.2. The van der Waals surface area contributed by atoms with Gasteiger partial charge in [0.1, 0.15) is 76.1 Å². The number of nitriles is 2. The van der Waals surface area contributed by atoms with Gasteiger partial charge in [0.25, 0.3) is 0 Å². The molecule has 0 atom stereocenters. The maximum atomic E-state index is 12.9. The molecule has 0 saturated carbocycles. The number of nitrogens with two attached hydrogens (primary N) is 2. The minimum Gasteiger partial charge on any atom is -0.510 e. The van der Waals surface area contributed by atoms with E-state index in [0.717, 1.165) is 4.68 Å². The molecule has 3 radical (unpaired) electrons. The Labute approximate surface area is 492 Å². The topological polar surface area (TPSA) is 364 Å². The van der Waals surface area contributed by atoms with Crippen LogP contribution in [0, 0.1) is 45.9 Å². The van der Waals surface area contributed by atoms with E-state index in [9.17, 15) is 51.4 Å². The fourth-order valence-corrected chi connectivity index (χ4v) is 5.70. The Morgan fingerprint density at radius 1 is 0.643 bits per heavy atom. The number of aliphatic hydroxyl groups is 1. The van der Waals surface area contributed by atoms with Gasteiger partial charge in [-0.15, -0.1) is 5.11 Å².